The van der Waals surface area contributed by atoms with Gasteiger partial charge in [0.15, 0.2) is 0 Å². The molecule has 0 aliphatic heterocycles. The average Bonchev–Trinajstić information content (AvgIpc) is 2.82. The monoisotopic (exact) mass is 245 g/mol. The molecule has 96 valence electrons. The first kappa shape index (κ1) is 11.5. The number of nitrogens with one attached hydrogen (secondary N) is 1. The fourth-order valence-corrected chi connectivity index (χ4v) is 2.73. The number of H-pyrrole nitrogens is 1. The lowest BCUT2D eigenvalue weighted by Gasteiger charge is -2.27. The van der Waals surface area contributed by atoms with E-state index in [1.165, 1.54) is 6.42 Å². The second-order valence-electron chi connectivity index (χ2n) is 5.19. The number of rotatable bonds is 2. The number of nitrogens with zero attached hydrogens (tertiary/aromatic N) is 1. The second kappa shape index (κ2) is 4.61. The number of aromatic nitrogens is 2. The highest BCUT2D eigenvalue weighted by Crippen LogP contribution is 2.29. The maximum absolute atomic E-state index is 6.11. The molecular formula is C14H19N3O. The number of aryl methyl sites for hydroxylation is 1. The Balaban J connectivity index is 1.83. The van der Waals surface area contributed by atoms with Crippen LogP contribution in [0.4, 0.5) is 0 Å². The van der Waals surface area contributed by atoms with Crippen molar-refractivity contribution in [1.82, 2.24) is 10.2 Å². The van der Waals surface area contributed by atoms with Crippen LogP contribution < -0.4 is 10.5 Å². The molecular weight excluding hydrogens is 226 g/mol. The summed E-state index contributed by atoms with van der Waals surface area (Å²) >= 11 is 0. The van der Waals surface area contributed by atoms with E-state index in [9.17, 15) is 0 Å². The van der Waals surface area contributed by atoms with Crippen LogP contribution in [0.1, 0.15) is 31.2 Å². The number of aromatic amines is 1. The SMILES string of the molecule is Cc1c(O[C@H]2CCC[C@@H](N)C2)ccc2[nH]ncc12. The van der Waals surface area contributed by atoms with E-state index < -0.39 is 0 Å². The van der Waals surface area contributed by atoms with E-state index in [0.717, 1.165) is 41.5 Å². The van der Waals surface area contributed by atoms with Gasteiger partial charge >= 0.3 is 0 Å². The molecule has 1 heterocycles. The lowest BCUT2D eigenvalue weighted by molar-refractivity contribution is 0.144. The fraction of sp³-hybridized carbons (Fsp3) is 0.500. The third-order valence-corrected chi connectivity index (χ3v) is 3.80. The van der Waals surface area contributed by atoms with E-state index in [4.69, 9.17) is 10.5 Å². The largest absolute Gasteiger partial charge is 0.490 e. The first-order valence-corrected chi connectivity index (χ1v) is 6.59. The minimum Gasteiger partial charge on any atom is -0.490 e. The van der Waals surface area contributed by atoms with Crippen LogP contribution in [0, 0.1) is 6.92 Å². The van der Waals surface area contributed by atoms with Gasteiger partial charge in [-0.25, -0.2) is 0 Å². The van der Waals surface area contributed by atoms with Crippen LogP contribution in [0.3, 0.4) is 0 Å². The summed E-state index contributed by atoms with van der Waals surface area (Å²) < 4.78 is 6.11. The normalized spacial score (nSPS) is 24.3. The fourth-order valence-electron chi connectivity index (χ4n) is 2.73. The Morgan fingerprint density at radius 2 is 2.28 bits per heavy atom. The van der Waals surface area contributed by atoms with Gasteiger partial charge in [-0.1, -0.05) is 0 Å². The van der Waals surface area contributed by atoms with E-state index >= 15 is 0 Å². The van der Waals surface area contributed by atoms with Gasteiger partial charge < -0.3 is 10.5 Å². The molecule has 0 unspecified atom stereocenters. The molecule has 3 rings (SSSR count). The Hall–Kier alpha value is -1.55. The van der Waals surface area contributed by atoms with Gasteiger partial charge in [0.05, 0.1) is 11.7 Å². The first-order chi connectivity index (χ1) is 8.74. The summed E-state index contributed by atoms with van der Waals surface area (Å²) in [6.07, 6.45) is 6.47. The van der Waals surface area contributed by atoms with Gasteiger partial charge in [-0.05, 0) is 44.7 Å². The van der Waals surface area contributed by atoms with Crippen LogP contribution in [0.5, 0.6) is 5.75 Å². The summed E-state index contributed by atoms with van der Waals surface area (Å²) in [7, 11) is 0. The number of fused-ring (bicyclic) bond motifs is 1. The first-order valence-electron chi connectivity index (χ1n) is 6.59. The summed E-state index contributed by atoms with van der Waals surface area (Å²) in [6.45, 7) is 2.08. The number of nitrogens with two attached hydrogens (primary N) is 1. The Morgan fingerprint density at radius 3 is 3.11 bits per heavy atom. The second-order valence-corrected chi connectivity index (χ2v) is 5.19. The molecule has 18 heavy (non-hydrogen) atoms. The zero-order valence-corrected chi connectivity index (χ0v) is 10.6. The summed E-state index contributed by atoms with van der Waals surface area (Å²) in [5, 5.41) is 8.17. The molecule has 2 aromatic rings. The third kappa shape index (κ3) is 2.08. The zero-order chi connectivity index (χ0) is 12.5. The smallest absolute Gasteiger partial charge is 0.123 e. The van der Waals surface area contributed by atoms with Gasteiger partial charge in [-0.15, -0.1) is 0 Å². The molecule has 3 N–H and O–H groups in total. The van der Waals surface area contributed by atoms with Gasteiger partial charge in [0.1, 0.15) is 11.9 Å². The van der Waals surface area contributed by atoms with Crippen molar-refractivity contribution in [2.75, 3.05) is 0 Å². The van der Waals surface area contributed by atoms with Crippen LogP contribution >= 0.6 is 0 Å². The topological polar surface area (TPSA) is 63.9 Å². The molecule has 2 atom stereocenters. The number of hydrogen-bond donors (Lipinski definition) is 2. The van der Waals surface area contributed by atoms with Crippen molar-refractivity contribution in [2.45, 2.75) is 44.8 Å². The van der Waals surface area contributed by atoms with Crippen molar-refractivity contribution in [3.05, 3.63) is 23.9 Å². The predicted octanol–water partition coefficient (Wildman–Crippen LogP) is 2.52. The van der Waals surface area contributed by atoms with Gasteiger partial charge in [-0.2, -0.15) is 5.10 Å². The van der Waals surface area contributed by atoms with Crippen LogP contribution in [0.25, 0.3) is 10.9 Å². The Morgan fingerprint density at radius 1 is 1.39 bits per heavy atom. The molecule has 0 saturated heterocycles. The minimum atomic E-state index is 0.261. The highest BCUT2D eigenvalue weighted by molar-refractivity contribution is 5.83. The molecule has 1 fully saturated rings. The summed E-state index contributed by atoms with van der Waals surface area (Å²) in [5.41, 5.74) is 8.20. The highest BCUT2D eigenvalue weighted by atomic mass is 16.5. The van der Waals surface area contributed by atoms with Crippen LogP contribution in [0.2, 0.25) is 0 Å². The van der Waals surface area contributed by atoms with E-state index in [-0.39, 0.29) is 6.10 Å². The summed E-state index contributed by atoms with van der Waals surface area (Å²) in [6, 6.07) is 4.34. The Bertz CT molecular complexity index is 549. The average molecular weight is 245 g/mol. The van der Waals surface area contributed by atoms with Crippen molar-refractivity contribution >= 4 is 10.9 Å². The minimum absolute atomic E-state index is 0.261. The molecule has 0 amide bonds. The standard InChI is InChI=1S/C14H19N3O/c1-9-12-8-16-17-13(12)5-6-14(9)18-11-4-2-3-10(15)7-11/h5-6,8,10-11H,2-4,7,15H2,1H3,(H,16,17)/t10-,11+/m1/s1. The van der Waals surface area contributed by atoms with Crippen LogP contribution in [-0.2, 0) is 0 Å². The predicted molar refractivity (Wildman–Crippen MR) is 71.7 cm³/mol. The molecule has 1 aliphatic carbocycles. The molecule has 0 bridgehead atoms. The van der Waals surface area contributed by atoms with Crippen LogP contribution in [0.15, 0.2) is 18.3 Å². The molecule has 0 spiro atoms. The lowest BCUT2D eigenvalue weighted by Crippen LogP contribution is -2.33. The Kier molecular flexibility index (Phi) is 2.96. The van der Waals surface area contributed by atoms with Gasteiger partial charge in [-0.3, -0.25) is 5.10 Å². The van der Waals surface area contributed by atoms with Crippen molar-refractivity contribution in [2.24, 2.45) is 5.73 Å². The maximum Gasteiger partial charge on any atom is 0.123 e. The highest BCUT2D eigenvalue weighted by Gasteiger charge is 2.21. The van der Waals surface area contributed by atoms with Crippen molar-refractivity contribution in [3.8, 4) is 5.75 Å². The van der Waals surface area contributed by atoms with E-state index in [1.807, 2.05) is 18.3 Å². The van der Waals surface area contributed by atoms with Crippen LogP contribution in [-0.4, -0.2) is 22.3 Å². The third-order valence-electron chi connectivity index (χ3n) is 3.80. The number of hydrogen-bond acceptors (Lipinski definition) is 3. The molecule has 1 aliphatic rings. The number of benzene rings is 1. The van der Waals surface area contributed by atoms with E-state index in [2.05, 4.69) is 17.1 Å². The molecule has 0 radical (unpaired) electrons. The van der Waals surface area contributed by atoms with E-state index in [0.29, 0.717) is 6.04 Å². The summed E-state index contributed by atoms with van der Waals surface area (Å²) in [5.74, 6) is 0.961. The van der Waals surface area contributed by atoms with Gasteiger partial charge in [0.25, 0.3) is 0 Å². The zero-order valence-electron chi connectivity index (χ0n) is 10.6. The number of ether oxygens (including phenoxy) is 1. The molecule has 1 saturated carbocycles. The van der Waals surface area contributed by atoms with Crippen molar-refractivity contribution < 1.29 is 4.74 Å². The molecule has 4 nitrogen and oxygen atoms in total. The summed E-state index contributed by atoms with van der Waals surface area (Å²) in [4.78, 5) is 0. The lowest BCUT2D eigenvalue weighted by atomic mass is 9.93. The van der Waals surface area contributed by atoms with E-state index in [1.54, 1.807) is 0 Å². The van der Waals surface area contributed by atoms with Crippen molar-refractivity contribution in [1.29, 1.82) is 0 Å². The molecule has 4 heteroatoms. The van der Waals surface area contributed by atoms with Gasteiger partial charge in [0.2, 0.25) is 0 Å². The van der Waals surface area contributed by atoms with Crippen molar-refractivity contribution in [3.63, 3.8) is 0 Å². The molecule has 1 aromatic heterocycles. The maximum atomic E-state index is 6.11. The molecule has 1 aromatic carbocycles. The van der Waals surface area contributed by atoms with Gasteiger partial charge in [0, 0.05) is 17.0 Å². The quantitative estimate of drug-likeness (QED) is 0.854. The Labute approximate surface area is 107 Å².